The molecule has 0 nitrogen and oxygen atoms in total. The second kappa shape index (κ2) is 4.69. The van der Waals surface area contributed by atoms with Crippen LogP contribution in [-0.4, -0.2) is 0 Å². The molecule has 0 heterocycles. The molecule has 92 valence electrons. The fourth-order valence-corrected chi connectivity index (χ4v) is 1.79. The maximum Gasteiger partial charge on any atom is 0.417 e. The highest BCUT2D eigenvalue weighted by molar-refractivity contribution is 5.79. The molecule has 0 radical (unpaired) electrons. The van der Waals surface area contributed by atoms with E-state index in [2.05, 4.69) is 6.58 Å². The largest absolute Gasteiger partial charge is 0.417 e. The second-order valence-corrected chi connectivity index (χ2v) is 3.89. The summed E-state index contributed by atoms with van der Waals surface area (Å²) in [6.07, 6.45) is -4.37. The van der Waals surface area contributed by atoms with Gasteiger partial charge >= 0.3 is 6.18 Å². The summed E-state index contributed by atoms with van der Waals surface area (Å²) in [5, 5.41) is 0. The summed E-state index contributed by atoms with van der Waals surface area (Å²) in [5.41, 5.74) is 0.535. The Labute approximate surface area is 103 Å². The highest BCUT2D eigenvalue weighted by Crippen LogP contribution is 2.36. The molecule has 0 N–H and O–H groups in total. The summed E-state index contributed by atoms with van der Waals surface area (Å²) in [6, 6.07) is 14.3. The Morgan fingerprint density at radius 2 is 1.39 bits per heavy atom. The lowest BCUT2D eigenvalue weighted by Crippen LogP contribution is -2.08. The van der Waals surface area contributed by atoms with Crippen LogP contribution in [0.5, 0.6) is 0 Å². The van der Waals surface area contributed by atoms with Crippen LogP contribution in [-0.2, 0) is 6.18 Å². The molecule has 0 aliphatic heterocycles. The van der Waals surface area contributed by atoms with E-state index in [4.69, 9.17) is 0 Å². The molecule has 0 spiro atoms. The van der Waals surface area contributed by atoms with Crippen molar-refractivity contribution in [1.82, 2.24) is 0 Å². The first kappa shape index (κ1) is 12.4. The summed E-state index contributed by atoms with van der Waals surface area (Å²) >= 11 is 0. The number of benzene rings is 2. The molecule has 0 aliphatic rings. The van der Waals surface area contributed by atoms with Gasteiger partial charge in [0.15, 0.2) is 0 Å². The number of hydrogen-bond donors (Lipinski definition) is 0. The van der Waals surface area contributed by atoms with E-state index in [0.717, 1.165) is 6.07 Å². The van der Waals surface area contributed by atoms with Gasteiger partial charge in [0.2, 0.25) is 0 Å². The predicted molar refractivity (Wildman–Crippen MR) is 66.0 cm³/mol. The Bertz CT molecular complexity index is 553. The second-order valence-electron chi connectivity index (χ2n) is 3.89. The molecule has 0 atom stereocenters. The third kappa shape index (κ3) is 2.45. The zero-order valence-electron chi connectivity index (χ0n) is 9.54. The minimum absolute atomic E-state index is 0.121. The van der Waals surface area contributed by atoms with Gasteiger partial charge < -0.3 is 0 Å². The average Bonchev–Trinajstić information content (AvgIpc) is 2.38. The summed E-state index contributed by atoms with van der Waals surface area (Å²) < 4.78 is 38.6. The van der Waals surface area contributed by atoms with Crippen LogP contribution < -0.4 is 0 Å². The van der Waals surface area contributed by atoms with Crippen LogP contribution in [0.15, 0.2) is 61.2 Å². The molecular formula is C15H11F3. The van der Waals surface area contributed by atoms with E-state index in [1.54, 1.807) is 30.3 Å². The summed E-state index contributed by atoms with van der Waals surface area (Å²) in [6.45, 7) is 3.77. The third-order valence-electron chi connectivity index (χ3n) is 2.68. The van der Waals surface area contributed by atoms with Crippen LogP contribution >= 0.6 is 0 Å². The van der Waals surface area contributed by atoms with E-state index >= 15 is 0 Å². The third-order valence-corrected chi connectivity index (χ3v) is 2.68. The monoisotopic (exact) mass is 248 g/mol. The number of rotatable bonds is 2. The lowest BCUT2D eigenvalue weighted by Gasteiger charge is -2.14. The number of halogens is 3. The van der Waals surface area contributed by atoms with E-state index in [-0.39, 0.29) is 5.56 Å². The van der Waals surface area contributed by atoms with E-state index in [1.165, 1.54) is 12.1 Å². The molecule has 0 aliphatic carbocycles. The molecule has 2 aromatic carbocycles. The quantitative estimate of drug-likeness (QED) is 0.718. The molecule has 2 rings (SSSR count). The SMILES string of the molecule is C=C(c1ccccc1)c1ccccc1C(F)(F)F. The van der Waals surface area contributed by atoms with Crippen molar-refractivity contribution in [2.75, 3.05) is 0 Å². The van der Waals surface area contributed by atoms with Crippen molar-refractivity contribution in [3.63, 3.8) is 0 Å². The Morgan fingerprint density at radius 3 is 2.00 bits per heavy atom. The summed E-state index contributed by atoms with van der Waals surface area (Å²) in [4.78, 5) is 0. The fourth-order valence-electron chi connectivity index (χ4n) is 1.79. The maximum atomic E-state index is 12.9. The lowest BCUT2D eigenvalue weighted by atomic mass is 9.95. The van der Waals surface area contributed by atoms with Gasteiger partial charge in [-0.15, -0.1) is 0 Å². The minimum atomic E-state index is -4.37. The molecular weight excluding hydrogens is 237 g/mol. The van der Waals surface area contributed by atoms with Gasteiger partial charge in [-0.3, -0.25) is 0 Å². The van der Waals surface area contributed by atoms with Gasteiger partial charge in [-0.2, -0.15) is 13.2 Å². The molecule has 0 saturated carbocycles. The molecule has 0 fully saturated rings. The molecule has 18 heavy (non-hydrogen) atoms. The first-order valence-electron chi connectivity index (χ1n) is 5.41. The molecule has 0 aromatic heterocycles. The zero-order chi connectivity index (χ0) is 13.2. The normalized spacial score (nSPS) is 11.3. The summed E-state index contributed by atoms with van der Waals surface area (Å²) in [5.74, 6) is 0. The first-order chi connectivity index (χ1) is 8.50. The van der Waals surface area contributed by atoms with E-state index in [9.17, 15) is 13.2 Å². The Hall–Kier alpha value is -2.03. The van der Waals surface area contributed by atoms with E-state index in [1.807, 2.05) is 6.07 Å². The fraction of sp³-hybridized carbons (Fsp3) is 0.0667. The molecule has 0 unspecified atom stereocenters. The van der Waals surface area contributed by atoms with Crippen LogP contribution in [0.3, 0.4) is 0 Å². The molecule has 0 amide bonds. The minimum Gasteiger partial charge on any atom is -0.166 e. The Morgan fingerprint density at radius 1 is 0.833 bits per heavy atom. The summed E-state index contributed by atoms with van der Waals surface area (Å²) in [7, 11) is 0. The van der Waals surface area contributed by atoms with Gasteiger partial charge in [-0.05, 0) is 22.8 Å². The van der Waals surface area contributed by atoms with E-state index < -0.39 is 11.7 Å². The van der Waals surface area contributed by atoms with Crippen LogP contribution in [0.1, 0.15) is 16.7 Å². The molecule has 3 heteroatoms. The first-order valence-corrected chi connectivity index (χ1v) is 5.41. The highest BCUT2D eigenvalue weighted by Gasteiger charge is 2.33. The highest BCUT2D eigenvalue weighted by atomic mass is 19.4. The van der Waals surface area contributed by atoms with Crippen LogP contribution in [0.2, 0.25) is 0 Å². The number of alkyl halides is 3. The van der Waals surface area contributed by atoms with Gasteiger partial charge in [-0.1, -0.05) is 55.1 Å². The Kier molecular flexibility index (Phi) is 3.24. The van der Waals surface area contributed by atoms with Gasteiger partial charge in [0.05, 0.1) is 5.56 Å². The van der Waals surface area contributed by atoms with Crippen LogP contribution in [0.4, 0.5) is 13.2 Å². The Balaban J connectivity index is 2.50. The molecule has 2 aromatic rings. The molecule has 0 bridgehead atoms. The zero-order valence-corrected chi connectivity index (χ0v) is 9.54. The van der Waals surface area contributed by atoms with Crippen molar-refractivity contribution in [2.45, 2.75) is 6.18 Å². The standard InChI is InChI=1S/C15H11F3/c1-11(12-7-3-2-4-8-12)13-9-5-6-10-14(13)15(16,17)18/h2-10H,1H2. The van der Waals surface area contributed by atoms with Gasteiger partial charge in [0, 0.05) is 0 Å². The smallest absolute Gasteiger partial charge is 0.166 e. The van der Waals surface area contributed by atoms with Crippen molar-refractivity contribution < 1.29 is 13.2 Å². The van der Waals surface area contributed by atoms with Gasteiger partial charge in [0.1, 0.15) is 0 Å². The van der Waals surface area contributed by atoms with Crippen molar-refractivity contribution >= 4 is 5.57 Å². The van der Waals surface area contributed by atoms with Crippen LogP contribution in [0, 0.1) is 0 Å². The van der Waals surface area contributed by atoms with Crippen molar-refractivity contribution in [3.8, 4) is 0 Å². The van der Waals surface area contributed by atoms with Crippen molar-refractivity contribution in [3.05, 3.63) is 77.9 Å². The van der Waals surface area contributed by atoms with Crippen molar-refractivity contribution in [1.29, 1.82) is 0 Å². The van der Waals surface area contributed by atoms with E-state index in [0.29, 0.717) is 11.1 Å². The molecule has 0 saturated heterocycles. The van der Waals surface area contributed by atoms with Gasteiger partial charge in [0.25, 0.3) is 0 Å². The predicted octanol–water partition coefficient (Wildman–Crippen LogP) is 4.77. The topological polar surface area (TPSA) is 0 Å². The maximum absolute atomic E-state index is 12.9. The average molecular weight is 248 g/mol. The van der Waals surface area contributed by atoms with Crippen molar-refractivity contribution in [2.24, 2.45) is 0 Å². The van der Waals surface area contributed by atoms with Gasteiger partial charge in [-0.25, -0.2) is 0 Å². The lowest BCUT2D eigenvalue weighted by molar-refractivity contribution is -0.137. The number of hydrogen-bond acceptors (Lipinski definition) is 0. The van der Waals surface area contributed by atoms with Crippen LogP contribution in [0.25, 0.3) is 5.57 Å².